The van der Waals surface area contributed by atoms with Crippen molar-refractivity contribution in [1.29, 1.82) is 0 Å². The van der Waals surface area contributed by atoms with E-state index in [1.165, 1.54) is 31.0 Å². The second kappa shape index (κ2) is 9.64. The number of amides is 2. The molecule has 0 unspecified atom stereocenters. The third-order valence-corrected chi connectivity index (χ3v) is 6.41. The molecule has 1 heterocycles. The first-order chi connectivity index (χ1) is 13.5. The number of nitrogens with zero attached hydrogens (tertiary/aromatic N) is 1. The minimum absolute atomic E-state index is 0.0308. The Bertz CT molecular complexity index is 731. The summed E-state index contributed by atoms with van der Waals surface area (Å²) >= 11 is 1.50. The fourth-order valence-corrected chi connectivity index (χ4v) is 5.03. The van der Waals surface area contributed by atoms with Crippen LogP contribution in [0.3, 0.4) is 0 Å². The number of benzene rings is 1. The van der Waals surface area contributed by atoms with Crippen LogP contribution in [0.5, 0.6) is 5.75 Å². The molecule has 0 bridgehead atoms. The second-order valence-corrected chi connectivity index (χ2v) is 9.39. The molecule has 0 spiro atoms. The first kappa shape index (κ1) is 21.0. The molecule has 1 aliphatic carbocycles. The summed E-state index contributed by atoms with van der Waals surface area (Å²) in [5.74, 6) is 0.555. The van der Waals surface area contributed by atoms with Crippen molar-refractivity contribution in [3.05, 3.63) is 34.7 Å². The molecule has 28 heavy (non-hydrogen) atoms. The normalized spacial score (nSPS) is 19.4. The molecule has 2 amide bonds. The molecule has 1 aromatic carbocycles. The maximum absolute atomic E-state index is 13.4. The van der Waals surface area contributed by atoms with Gasteiger partial charge in [0.1, 0.15) is 5.75 Å². The van der Waals surface area contributed by atoms with Crippen molar-refractivity contribution in [3.63, 3.8) is 0 Å². The van der Waals surface area contributed by atoms with Crippen molar-refractivity contribution in [3.8, 4) is 5.75 Å². The lowest BCUT2D eigenvalue weighted by Gasteiger charge is -2.28. The average Bonchev–Trinajstić information content (AvgIpc) is 2.86. The lowest BCUT2D eigenvalue weighted by Crippen LogP contribution is -2.41. The first-order valence-corrected chi connectivity index (χ1v) is 11.4. The number of hydrogen-bond donors (Lipinski definition) is 0. The minimum atomic E-state index is -0.122. The van der Waals surface area contributed by atoms with E-state index in [1.54, 1.807) is 4.90 Å². The van der Waals surface area contributed by atoms with Gasteiger partial charge in [0, 0.05) is 11.3 Å². The molecule has 0 N–H and O–H groups in total. The van der Waals surface area contributed by atoms with E-state index in [2.05, 4.69) is 13.8 Å². The Hall–Kier alpha value is -1.75. The van der Waals surface area contributed by atoms with Gasteiger partial charge in [0.25, 0.3) is 11.8 Å². The van der Waals surface area contributed by atoms with Crippen molar-refractivity contribution >= 4 is 29.1 Å². The highest BCUT2D eigenvalue weighted by Crippen LogP contribution is 2.40. The number of carbonyl (C=O) groups is 2. The quantitative estimate of drug-likeness (QED) is 0.597. The highest BCUT2D eigenvalue weighted by molar-refractivity contribution is 8.04. The molecule has 1 aliphatic heterocycles. The lowest BCUT2D eigenvalue weighted by atomic mass is 9.95. The second-order valence-electron chi connectivity index (χ2n) is 7.81. The Morgan fingerprint density at radius 3 is 2.18 bits per heavy atom. The number of thioether (sulfide) groups is 1. The molecule has 2 aliphatic rings. The Morgan fingerprint density at radius 1 is 1.00 bits per heavy atom. The lowest BCUT2D eigenvalue weighted by molar-refractivity contribution is -0.139. The van der Waals surface area contributed by atoms with Crippen LogP contribution in [0, 0.1) is 0 Å². The molecule has 0 atom stereocenters. The first-order valence-electron chi connectivity index (χ1n) is 10.5. The molecule has 5 heteroatoms. The van der Waals surface area contributed by atoms with E-state index < -0.39 is 0 Å². The maximum Gasteiger partial charge on any atom is 0.268 e. The van der Waals surface area contributed by atoms with E-state index in [0.29, 0.717) is 17.1 Å². The summed E-state index contributed by atoms with van der Waals surface area (Å²) in [7, 11) is 0. The van der Waals surface area contributed by atoms with Gasteiger partial charge in [-0.15, -0.1) is 11.8 Å². The molecule has 0 saturated heterocycles. The van der Waals surface area contributed by atoms with E-state index >= 15 is 0 Å². The molecule has 4 nitrogen and oxygen atoms in total. The van der Waals surface area contributed by atoms with Crippen LogP contribution in [0.15, 0.2) is 29.2 Å². The molecular formula is C23H31NO3S. The standard InChI is InChI=1S/C23H31NO3S/c1-4-27-19-14-12-17(13-15-19)20-21(28-16(2)3)23(26)24(22(20)25)18-10-8-6-5-7-9-11-18/h12-16,18H,4-11H2,1-3H3. The molecule has 0 aromatic heterocycles. The number of imide groups is 1. The van der Waals surface area contributed by atoms with Crippen molar-refractivity contribution in [2.45, 2.75) is 77.0 Å². The van der Waals surface area contributed by atoms with E-state index in [-0.39, 0.29) is 23.1 Å². The maximum atomic E-state index is 13.4. The van der Waals surface area contributed by atoms with Gasteiger partial charge in [0.2, 0.25) is 0 Å². The van der Waals surface area contributed by atoms with Crippen LogP contribution < -0.4 is 4.74 Å². The Labute approximate surface area is 172 Å². The number of rotatable bonds is 6. The average molecular weight is 402 g/mol. The van der Waals surface area contributed by atoms with Crippen molar-refractivity contribution in [2.24, 2.45) is 0 Å². The fourth-order valence-electron chi connectivity index (χ4n) is 4.03. The SMILES string of the molecule is CCOc1ccc(C2=C(SC(C)C)C(=O)N(C3CCCCCCC3)C2=O)cc1. The zero-order chi connectivity index (χ0) is 20.1. The van der Waals surface area contributed by atoms with Crippen LogP contribution in [0.25, 0.3) is 5.57 Å². The molecule has 0 radical (unpaired) electrons. The zero-order valence-electron chi connectivity index (χ0n) is 17.2. The van der Waals surface area contributed by atoms with Crippen LogP contribution in [0.1, 0.15) is 71.3 Å². The highest BCUT2D eigenvalue weighted by Gasteiger charge is 2.42. The minimum Gasteiger partial charge on any atom is -0.494 e. The highest BCUT2D eigenvalue weighted by atomic mass is 32.2. The van der Waals surface area contributed by atoms with Crippen LogP contribution in [0.4, 0.5) is 0 Å². The van der Waals surface area contributed by atoms with Crippen molar-refractivity contribution in [2.75, 3.05) is 6.61 Å². The van der Waals surface area contributed by atoms with Gasteiger partial charge in [-0.05, 0) is 37.5 Å². The van der Waals surface area contributed by atoms with Crippen LogP contribution in [-0.2, 0) is 9.59 Å². The van der Waals surface area contributed by atoms with E-state index in [4.69, 9.17) is 4.74 Å². The van der Waals surface area contributed by atoms with Gasteiger partial charge in [0.05, 0.1) is 17.1 Å². The smallest absolute Gasteiger partial charge is 0.268 e. The molecule has 1 aromatic rings. The van der Waals surface area contributed by atoms with E-state index in [1.807, 2.05) is 31.2 Å². The van der Waals surface area contributed by atoms with Crippen molar-refractivity contribution in [1.82, 2.24) is 4.90 Å². The van der Waals surface area contributed by atoms with Gasteiger partial charge in [-0.25, -0.2) is 0 Å². The summed E-state index contributed by atoms with van der Waals surface area (Å²) in [6.45, 7) is 6.66. The van der Waals surface area contributed by atoms with Gasteiger partial charge >= 0.3 is 0 Å². The third-order valence-electron chi connectivity index (χ3n) is 5.32. The summed E-state index contributed by atoms with van der Waals surface area (Å²) in [6.07, 6.45) is 7.68. The molecule has 1 fully saturated rings. The summed E-state index contributed by atoms with van der Waals surface area (Å²) in [5.41, 5.74) is 1.37. The summed E-state index contributed by atoms with van der Waals surface area (Å²) in [4.78, 5) is 28.9. The monoisotopic (exact) mass is 401 g/mol. The summed E-state index contributed by atoms with van der Waals surface area (Å²) in [6, 6.07) is 7.57. The molecular weight excluding hydrogens is 370 g/mol. The third kappa shape index (κ3) is 4.62. The van der Waals surface area contributed by atoms with Gasteiger partial charge in [-0.1, -0.05) is 58.1 Å². The Morgan fingerprint density at radius 2 is 1.61 bits per heavy atom. The molecule has 3 rings (SSSR count). The van der Waals surface area contributed by atoms with Gasteiger partial charge in [-0.3, -0.25) is 14.5 Å². The fraction of sp³-hybridized carbons (Fsp3) is 0.565. The number of hydrogen-bond acceptors (Lipinski definition) is 4. The van der Waals surface area contributed by atoms with Crippen LogP contribution in [0.2, 0.25) is 0 Å². The largest absolute Gasteiger partial charge is 0.494 e. The van der Waals surface area contributed by atoms with Gasteiger partial charge < -0.3 is 4.74 Å². The number of carbonyl (C=O) groups excluding carboxylic acids is 2. The zero-order valence-corrected chi connectivity index (χ0v) is 18.0. The predicted molar refractivity (Wildman–Crippen MR) is 115 cm³/mol. The van der Waals surface area contributed by atoms with Gasteiger partial charge in [-0.2, -0.15) is 0 Å². The predicted octanol–water partition coefficient (Wildman–Crippen LogP) is 5.42. The Balaban J connectivity index is 1.93. The van der Waals surface area contributed by atoms with Crippen molar-refractivity contribution < 1.29 is 14.3 Å². The molecule has 1 saturated carbocycles. The Kier molecular flexibility index (Phi) is 7.22. The van der Waals surface area contributed by atoms with E-state index in [9.17, 15) is 9.59 Å². The van der Waals surface area contributed by atoms with Crippen LogP contribution in [-0.4, -0.2) is 34.6 Å². The topological polar surface area (TPSA) is 46.6 Å². The molecule has 152 valence electrons. The summed E-state index contributed by atoms with van der Waals surface area (Å²) in [5, 5.41) is 0.238. The summed E-state index contributed by atoms with van der Waals surface area (Å²) < 4.78 is 5.52. The van der Waals surface area contributed by atoms with Crippen LogP contribution >= 0.6 is 11.8 Å². The number of ether oxygens (including phenoxy) is 1. The van der Waals surface area contributed by atoms with E-state index in [0.717, 1.165) is 37.0 Å². The van der Waals surface area contributed by atoms with Gasteiger partial charge in [0.15, 0.2) is 0 Å².